The van der Waals surface area contributed by atoms with Crippen LogP contribution >= 0.6 is 0 Å². The van der Waals surface area contributed by atoms with E-state index in [1.54, 1.807) is 0 Å². The van der Waals surface area contributed by atoms with Gasteiger partial charge in [-0.1, -0.05) is 207 Å². The first-order chi connectivity index (χ1) is 34.6. The molecule has 0 aromatic carbocycles. The van der Waals surface area contributed by atoms with Crippen LogP contribution in [0.25, 0.3) is 0 Å². The van der Waals surface area contributed by atoms with Gasteiger partial charge in [0, 0.05) is 12.8 Å². The standard InChI is InChI=1S/C62H105NO8/c1-6-8-10-12-14-16-18-20-22-24-26-28-29-30-31-33-34-36-38-40-42-44-46-48-50-52-59(64)69-56-58(57-70-62(61(66)67)68-55-54-63(3,4)5)71-60(65)53-51-49-47-45-43-41-39-37-35-32-27-25-23-21-19-17-15-13-11-9-7-2/h9,11,15,17-18,20-21,23-24,26-27,29-30,32,37,39,58,62H,6-8,10,12-14,16,19,22,25,28,31,33-36,38,40-57H2,1-5H3/b11-9-,17-15-,20-18-,23-21-,26-24-,30-29-,32-27-,39-37-. The number of rotatable bonds is 51. The average Bonchev–Trinajstić information content (AvgIpc) is 3.34. The fourth-order valence-electron chi connectivity index (χ4n) is 7.45. The van der Waals surface area contributed by atoms with Crippen molar-refractivity contribution in [3.05, 3.63) is 97.2 Å². The molecule has 0 amide bonds. The lowest BCUT2D eigenvalue weighted by Crippen LogP contribution is -2.44. The number of hydrogen-bond donors (Lipinski definition) is 0. The maximum absolute atomic E-state index is 12.8. The molecule has 0 aromatic heterocycles. The highest BCUT2D eigenvalue weighted by atomic mass is 16.7. The molecule has 0 saturated heterocycles. The van der Waals surface area contributed by atoms with Gasteiger partial charge in [-0.15, -0.1) is 0 Å². The van der Waals surface area contributed by atoms with Crippen LogP contribution in [0.15, 0.2) is 97.2 Å². The molecule has 0 aliphatic rings. The van der Waals surface area contributed by atoms with Gasteiger partial charge in [-0.05, 0) is 96.3 Å². The Bertz CT molecular complexity index is 1480. The first-order valence-electron chi connectivity index (χ1n) is 28.4. The summed E-state index contributed by atoms with van der Waals surface area (Å²) >= 11 is 0. The Hall–Kier alpha value is -3.79. The lowest BCUT2D eigenvalue weighted by molar-refractivity contribution is -0.870. The number of quaternary nitrogens is 1. The topological polar surface area (TPSA) is 111 Å². The summed E-state index contributed by atoms with van der Waals surface area (Å²) in [5, 5.41) is 11.8. The Morgan fingerprint density at radius 3 is 1.20 bits per heavy atom. The SMILES string of the molecule is CC/C=C\C/C=C\C/C=C\C/C=C\C/C=C\CCCCCCCC(=O)OC(COC(=O)CCCCCCCCCCCC/C=C\C/C=C\C/C=C\CCCCCCC)COC(OCC[N+](C)(C)C)C(=O)[O-]. The largest absolute Gasteiger partial charge is 0.545 e. The van der Waals surface area contributed by atoms with Crippen molar-refractivity contribution in [3.8, 4) is 0 Å². The number of ether oxygens (including phenoxy) is 4. The van der Waals surface area contributed by atoms with E-state index in [2.05, 4.69) is 111 Å². The molecule has 2 unspecified atom stereocenters. The fraction of sp³-hybridized carbons (Fsp3) is 0.694. The van der Waals surface area contributed by atoms with Crippen molar-refractivity contribution >= 4 is 17.9 Å². The van der Waals surface area contributed by atoms with Crippen LogP contribution in [0.2, 0.25) is 0 Å². The zero-order valence-electron chi connectivity index (χ0n) is 46.1. The molecule has 0 bridgehead atoms. The number of esters is 2. The van der Waals surface area contributed by atoms with Gasteiger partial charge in [0.05, 0.1) is 40.3 Å². The predicted molar refractivity (Wildman–Crippen MR) is 297 cm³/mol. The average molecular weight is 993 g/mol. The quantitative estimate of drug-likeness (QED) is 0.0195. The van der Waals surface area contributed by atoms with E-state index in [-0.39, 0.29) is 38.6 Å². The minimum absolute atomic E-state index is 0.138. The van der Waals surface area contributed by atoms with E-state index < -0.39 is 24.3 Å². The molecule has 71 heavy (non-hydrogen) atoms. The molecule has 0 spiro atoms. The van der Waals surface area contributed by atoms with E-state index in [0.29, 0.717) is 17.4 Å². The van der Waals surface area contributed by atoms with Crippen molar-refractivity contribution in [1.82, 2.24) is 0 Å². The van der Waals surface area contributed by atoms with E-state index in [1.165, 1.54) is 77.0 Å². The van der Waals surface area contributed by atoms with Crippen LogP contribution < -0.4 is 5.11 Å². The molecule has 406 valence electrons. The van der Waals surface area contributed by atoms with Gasteiger partial charge in [-0.3, -0.25) is 9.59 Å². The number of likely N-dealkylation sites (N-methyl/N-ethyl adjacent to an activating group) is 1. The van der Waals surface area contributed by atoms with Gasteiger partial charge >= 0.3 is 11.9 Å². The van der Waals surface area contributed by atoms with Crippen molar-refractivity contribution in [2.45, 2.75) is 232 Å². The smallest absolute Gasteiger partial charge is 0.306 e. The van der Waals surface area contributed by atoms with Gasteiger partial charge in [0.2, 0.25) is 0 Å². The summed E-state index contributed by atoms with van der Waals surface area (Å²) in [6, 6.07) is 0. The van der Waals surface area contributed by atoms with E-state index in [0.717, 1.165) is 109 Å². The second-order valence-corrected chi connectivity index (χ2v) is 19.8. The number of unbranched alkanes of at least 4 members (excludes halogenated alkanes) is 20. The number of carbonyl (C=O) groups excluding carboxylic acids is 3. The molecule has 0 N–H and O–H groups in total. The van der Waals surface area contributed by atoms with Crippen molar-refractivity contribution in [3.63, 3.8) is 0 Å². The summed E-state index contributed by atoms with van der Waals surface area (Å²) in [4.78, 5) is 37.3. The van der Waals surface area contributed by atoms with Crippen LogP contribution in [0.1, 0.15) is 219 Å². The summed E-state index contributed by atoms with van der Waals surface area (Å²) in [7, 11) is 5.90. The first-order valence-corrected chi connectivity index (χ1v) is 28.4. The molecule has 9 nitrogen and oxygen atoms in total. The molecule has 0 fully saturated rings. The van der Waals surface area contributed by atoms with E-state index >= 15 is 0 Å². The van der Waals surface area contributed by atoms with Gasteiger partial charge in [0.1, 0.15) is 13.2 Å². The molecule has 0 saturated carbocycles. The van der Waals surface area contributed by atoms with Crippen LogP contribution in [0, 0.1) is 0 Å². The summed E-state index contributed by atoms with van der Waals surface area (Å²) in [6.45, 7) is 4.59. The first kappa shape index (κ1) is 67.2. The molecular formula is C62H105NO8. The molecule has 0 rings (SSSR count). The minimum Gasteiger partial charge on any atom is -0.545 e. The Kier molecular flexibility index (Phi) is 49.7. The number of allylic oxidation sites excluding steroid dienone is 16. The molecule has 0 heterocycles. The summed E-state index contributed by atoms with van der Waals surface area (Å²) < 4.78 is 22.7. The highest BCUT2D eigenvalue weighted by Gasteiger charge is 2.22. The third-order valence-corrected chi connectivity index (χ3v) is 11.8. The molecule has 2 atom stereocenters. The second kappa shape index (κ2) is 52.5. The lowest BCUT2D eigenvalue weighted by Gasteiger charge is -2.26. The summed E-state index contributed by atoms with van der Waals surface area (Å²) in [6.07, 6.45) is 67.3. The number of nitrogens with zero attached hydrogens (tertiary/aromatic N) is 1. The van der Waals surface area contributed by atoms with E-state index in [1.807, 2.05) is 21.1 Å². The molecule has 0 aromatic rings. The zero-order chi connectivity index (χ0) is 52.0. The summed E-state index contributed by atoms with van der Waals surface area (Å²) in [5.41, 5.74) is 0. The normalized spacial score (nSPS) is 13.5. The van der Waals surface area contributed by atoms with Gasteiger partial charge < -0.3 is 33.3 Å². The van der Waals surface area contributed by atoms with Crippen LogP contribution in [-0.2, 0) is 33.3 Å². The monoisotopic (exact) mass is 992 g/mol. The maximum Gasteiger partial charge on any atom is 0.306 e. The van der Waals surface area contributed by atoms with Crippen molar-refractivity contribution in [2.75, 3.05) is 47.5 Å². The summed E-state index contributed by atoms with van der Waals surface area (Å²) in [5.74, 6) is -2.32. The Labute approximate surface area is 435 Å². The number of aliphatic carboxylic acids is 1. The zero-order valence-corrected chi connectivity index (χ0v) is 46.1. The maximum atomic E-state index is 12.8. The number of hydrogen-bond acceptors (Lipinski definition) is 8. The molecule has 9 heteroatoms. The molecule has 0 radical (unpaired) electrons. The molecule has 0 aliphatic heterocycles. The van der Waals surface area contributed by atoms with Crippen molar-refractivity contribution in [1.29, 1.82) is 0 Å². The van der Waals surface area contributed by atoms with Gasteiger partial charge in [-0.25, -0.2) is 0 Å². The molecule has 0 aliphatic carbocycles. The third-order valence-electron chi connectivity index (χ3n) is 11.8. The highest BCUT2D eigenvalue weighted by molar-refractivity contribution is 5.70. The van der Waals surface area contributed by atoms with E-state index in [4.69, 9.17) is 18.9 Å². The number of carboxylic acid groups (broad SMARTS) is 1. The van der Waals surface area contributed by atoms with E-state index in [9.17, 15) is 19.5 Å². The van der Waals surface area contributed by atoms with Gasteiger partial charge in [0.25, 0.3) is 0 Å². The fourth-order valence-corrected chi connectivity index (χ4v) is 7.45. The Balaban J connectivity index is 4.33. The third kappa shape index (κ3) is 53.8. The number of carboxylic acids is 1. The number of carbonyl (C=O) groups is 3. The Morgan fingerprint density at radius 2 is 0.803 bits per heavy atom. The lowest BCUT2D eigenvalue weighted by atomic mass is 10.1. The van der Waals surface area contributed by atoms with Crippen molar-refractivity contribution in [2.24, 2.45) is 0 Å². The van der Waals surface area contributed by atoms with Crippen LogP contribution in [0.3, 0.4) is 0 Å². The molecular weight excluding hydrogens is 887 g/mol. The van der Waals surface area contributed by atoms with Crippen LogP contribution in [0.4, 0.5) is 0 Å². The predicted octanol–water partition coefficient (Wildman–Crippen LogP) is 15.2. The second-order valence-electron chi connectivity index (χ2n) is 19.8. The highest BCUT2D eigenvalue weighted by Crippen LogP contribution is 2.14. The Morgan fingerprint density at radius 1 is 0.437 bits per heavy atom. The minimum atomic E-state index is -1.63. The van der Waals surface area contributed by atoms with Crippen LogP contribution in [0.5, 0.6) is 0 Å². The van der Waals surface area contributed by atoms with Gasteiger partial charge in [-0.2, -0.15) is 0 Å². The van der Waals surface area contributed by atoms with Crippen molar-refractivity contribution < 1.29 is 42.9 Å². The van der Waals surface area contributed by atoms with Crippen LogP contribution in [-0.4, -0.2) is 82.3 Å². The van der Waals surface area contributed by atoms with Gasteiger partial charge in [0.15, 0.2) is 12.4 Å².